The van der Waals surface area contributed by atoms with Crippen molar-refractivity contribution in [3.05, 3.63) is 34.9 Å². The van der Waals surface area contributed by atoms with Crippen LogP contribution in [0.25, 0.3) is 0 Å². The van der Waals surface area contributed by atoms with Crippen molar-refractivity contribution in [3.63, 3.8) is 0 Å². The van der Waals surface area contributed by atoms with Gasteiger partial charge in [0.25, 0.3) is 0 Å². The predicted octanol–water partition coefficient (Wildman–Crippen LogP) is 5.73. The zero-order valence-electron chi connectivity index (χ0n) is 21.8. The summed E-state index contributed by atoms with van der Waals surface area (Å²) in [5.41, 5.74) is 2.97. The van der Waals surface area contributed by atoms with Crippen LogP contribution in [0.15, 0.2) is 23.8 Å². The Hall–Kier alpha value is -1.54. The highest BCUT2D eigenvalue weighted by molar-refractivity contribution is 6.26. The van der Waals surface area contributed by atoms with Gasteiger partial charge >= 0.3 is 5.97 Å². The minimum Gasteiger partial charge on any atom is -0.549 e. The lowest BCUT2D eigenvalue weighted by atomic mass is 9.45. The second-order valence-corrected chi connectivity index (χ2v) is 12.8. The van der Waals surface area contributed by atoms with Gasteiger partial charge in [0.15, 0.2) is 0 Å². The molecule has 2 bridgehead atoms. The van der Waals surface area contributed by atoms with Gasteiger partial charge in [0.2, 0.25) is 19.5 Å². The first kappa shape index (κ1) is 26.1. The zero-order chi connectivity index (χ0) is 24.4. The van der Waals surface area contributed by atoms with E-state index in [4.69, 9.17) is 8.85 Å². The van der Waals surface area contributed by atoms with Gasteiger partial charge in [-0.05, 0) is 66.3 Å². The minimum atomic E-state index is -0.777. The SMILES string of the molecule is CCCCCCC(C)(C)c1cc(O[SiH2]C)c([C@H]2C=C(C(=O)O)[C@H]3CC2C3(C)C)c(O[SiH2]C)c1. The highest BCUT2D eigenvalue weighted by Crippen LogP contribution is 2.65. The average Bonchev–Trinajstić information content (AvgIpc) is 2.76. The molecular weight excluding hydrogens is 444 g/mol. The Labute approximate surface area is 205 Å². The van der Waals surface area contributed by atoms with Crippen LogP contribution in [0.3, 0.4) is 0 Å². The van der Waals surface area contributed by atoms with Crippen LogP contribution in [0.5, 0.6) is 11.5 Å². The Bertz CT molecular complexity index is 863. The number of carboxylic acid groups (broad SMARTS) is 1. The molecule has 0 aromatic heterocycles. The average molecular weight is 489 g/mol. The van der Waals surface area contributed by atoms with Gasteiger partial charge in [0.05, 0.1) is 0 Å². The van der Waals surface area contributed by atoms with Gasteiger partial charge in [0.1, 0.15) is 11.5 Å². The molecule has 1 aromatic carbocycles. The monoisotopic (exact) mass is 488 g/mol. The van der Waals surface area contributed by atoms with Gasteiger partial charge in [-0.3, -0.25) is 0 Å². The minimum absolute atomic E-state index is 0.0216. The summed E-state index contributed by atoms with van der Waals surface area (Å²) in [5.74, 6) is 1.69. The molecule has 1 fully saturated rings. The van der Waals surface area contributed by atoms with Crippen molar-refractivity contribution in [1.29, 1.82) is 0 Å². The largest absolute Gasteiger partial charge is 0.549 e. The summed E-state index contributed by atoms with van der Waals surface area (Å²) in [6.07, 6.45) is 9.14. The number of carboxylic acids is 1. The number of fused-ring (bicyclic) bond motifs is 1. The number of unbranched alkanes of at least 4 members (excludes halogenated alkanes) is 3. The van der Waals surface area contributed by atoms with Crippen molar-refractivity contribution < 1.29 is 18.8 Å². The van der Waals surface area contributed by atoms with E-state index in [0.717, 1.165) is 29.9 Å². The normalized spacial score (nSPS) is 24.2. The molecule has 0 saturated heterocycles. The van der Waals surface area contributed by atoms with Crippen molar-refractivity contribution in [2.45, 2.75) is 97.6 Å². The third-order valence-corrected chi connectivity index (χ3v) is 9.43. The van der Waals surface area contributed by atoms with Gasteiger partial charge in [-0.2, -0.15) is 0 Å². The van der Waals surface area contributed by atoms with E-state index in [2.05, 4.69) is 59.8 Å². The Balaban J connectivity index is 2.08. The molecule has 184 valence electrons. The van der Waals surface area contributed by atoms with Gasteiger partial charge in [0, 0.05) is 17.1 Å². The smallest absolute Gasteiger partial charge is 0.331 e. The predicted molar refractivity (Wildman–Crippen MR) is 142 cm³/mol. The number of carbonyl (C=O) groups is 1. The fourth-order valence-corrected chi connectivity index (χ4v) is 7.14. The number of hydrogen-bond acceptors (Lipinski definition) is 3. The van der Waals surface area contributed by atoms with E-state index in [1.165, 1.54) is 31.2 Å². The zero-order valence-corrected chi connectivity index (χ0v) is 24.6. The Morgan fingerprint density at radius 2 is 1.73 bits per heavy atom. The molecule has 33 heavy (non-hydrogen) atoms. The second-order valence-electron chi connectivity index (χ2n) is 11.1. The molecule has 3 aliphatic carbocycles. The summed E-state index contributed by atoms with van der Waals surface area (Å²) in [7, 11) is -1.39. The number of benzene rings is 1. The molecule has 3 atom stereocenters. The fraction of sp³-hybridized carbons (Fsp3) is 0.667. The lowest BCUT2D eigenvalue weighted by Gasteiger charge is -2.58. The van der Waals surface area contributed by atoms with E-state index >= 15 is 0 Å². The Morgan fingerprint density at radius 1 is 1.12 bits per heavy atom. The quantitative estimate of drug-likeness (QED) is 0.302. The van der Waals surface area contributed by atoms with Crippen LogP contribution in [0.1, 0.15) is 90.2 Å². The fourth-order valence-electron chi connectivity index (χ4n) is 6.04. The summed E-state index contributed by atoms with van der Waals surface area (Å²) < 4.78 is 12.8. The van der Waals surface area contributed by atoms with Crippen molar-refractivity contribution in [2.24, 2.45) is 17.3 Å². The van der Waals surface area contributed by atoms with Crippen molar-refractivity contribution in [1.82, 2.24) is 0 Å². The van der Waals surface area contributed by atoms with Crippen LogP contribution in [-0.2, 0) is 10.2 Å². The maximum atomic E-state index is 12.1. The molecule has 0 heterocycles. The standard InChI is InChI=1S/C27H44O4Si2/c1-8-9-10-11-12-26(2,3)17-13-22(30-32-6)24(23(14-17)31-33-7)18-15-19(25(28)29)21-16-20(18)27(21,4)5/h13-15,18,20-21H,8-12,16,32-33H2,1-7H3,(H,28,29)/t18-,20?,21+/m0/s1. The molecule has 4 rings (SSSR count). The third kappa shape index (κ3) is 5.12. The van der Waals surface area contributed by atoms with E-state index in [0.29, 0.717) is 11.5 Å². The number of aliphatic carboxylic acids is 1. The molecule has 6 heteroatoms. The van der Waals surface area contributed by atoms with Crippen molar-refractivity contribution in [3.8, 4) is 11.5 Å². The maximum absolute atomic E-state index is 12.1. The van der Waals surface area contributed by atoms with Gasteiger partial charge in [-0.15, -0.1) is 0 Å². The summed E-state index contributed by atoms with van der Waals surface area (Å²) in [4.78, 5) is 12.1. The first-order chi connectivity index (χ1) is 15.6. The molecular formula is C27H44O4Si2. The van der Waals surface area contributed by atoms with Crippen LogP contribution in [-0.4, -0.2) is 30.6 Å². The summed E-state index contributed by atoms with van der Waals surface area (Å²) >= 11 is 0. The van der Waals surface area contributed by atoms with Crippen LogP contribution in [0, 0.1) is 17.3 Å². The molecule has 1 unspecified atom stereocenters. The van der Waals surface area contributed by atoms with E-state index in [1.807, 2.05) is 6.08 Å². The molecule has 3 aliphatic rings. The lowest BCUT2D eigenvalue weighted by molar-refractivity contribution is -0.137. The second kappa shape index (κ2) is 10.4. The van der Waals surface area contributed by atoms with Crippen molar-refractivity contribution >= 4 is 25.5 Å². The van der Waals surface area contributed by atoms with Gasteiger partial charge in [-0.25, -0.2) is 4.79 Å². The molecule has 1 N–H and O–H groups in total. The molecule has 1 saturated carbocycles. The van der Waals surface area contributed by atoms with E-state index in [9.17, 15) is 9.90 Å². The van der Waals surface area contributed by atoms with Crippen LogP contribution in [0.2, 0.25) is 13.1 Å². The Kier molecular flexibility index (Phi) is 8.21. The van der Waals surface area contributed by atoms with Gasteiger partial charge < -0.3 is 14.0 Å². The highest BCUT2D eigenvalue weighted by Gasteiger charge is 2.57. The molecule has 0 radical (unpaired) electrons. The molecule has 4 nitrogen and oxygen atoms in total. The summed E-state index contributed by atoms with van der Waals surface area (Å²) in [6, 6.07) is 4.50. The summed E-state index contributed by atoms with van der Waals surface area (Å²) in [6.45, 7) is 15.7. The number of rotatable bonds is 12. The van der Waals surface area contributed by atoms with E-state index in [1.54, 1.807) is 0 Å². The van der Waals surface area contributed by atoms with E-state index < -0.39 is 25.5 Å². The first-order valence-electron chi connectivity index (χ1n) is 13.0. The third-order valence-electron chi connectivity index (χ3n) is 8.23. The van der Waals surface area contributed by atoms with E-state index in [-0.39, 0.29) is 22.7 Å². The van der Waals surface area contributed by atoms with Crippen LogP contribution < -0.4 is 8.85 Å². The van der Waals surface area contributed by atoms with Gasteiger partial charge in [-0.1, -0.05) is 66.4 Å². The molecule has 1 aromatic rings. The molecule has 0 spiro atoms. The topological polar surface area (TPSA) is 55.8 Å². The van der Waals surface area contributed by atoms with Crippen LogP contribution in [0.4, 0.5) is 0 Å². The molecule has 0 amide bonds. The van der Waals surface area contributed by atoms with Crippen molar-refractivity contribution in [2.75, 3.05) is 0 Å². The maximum Gasteiger partial charge on any atom is 0.331 e. The summed E-state index contributed by atoms with van der Waals surface area (Å²) in [5, 5.41) is 9.93. The number of hydrogen-bond donors (Lipinski definition) is 1. The highest BCUT2D eigenvalue weighted by atomic mass is 28.2. The molecule has 0 aliphatic heterocycles. The number of allylic oxidation sites excluding steroid dienone is 1. The van der Waals surface area contributed by atoms with Crippen LogP contribution >= 0.6 is 0 Å². The Morgan fingerprint density at radius 3 is 2.21 bits per heavy atom. The lowest BCUT2D eigenvalue weighted by Crippen LogP contribution is -2.52. The first-order valence-corrected chi connectivity index (χ1v) is 17.0.